The summed E-state index contributed by atoms with van der Waals surface area (Å²) in [6.45, 7) is 4.04. The van der Waals surface area contributed by atoms with E-state index in [4.69, 9.17) is 16.3 Å². The van der Waals surface area contributed by atoms with Gasteiger partial charge in [0.25, 0.3) is 0 Å². The minimum absolute atomic E-state index is 0.347. The van der Waals surface area contributed by atoms with Gasteiger partial charge in [0.15, 0.2) is 0 Å². The van der Waals surface area contributed by atoms with Crippen LogP contribution in [-0.4, -0.2) is 17.6 Å². The molecule has 1 heterocycles. The molecule has 1 aromatic carbocycles. The number of hydrogen-bond donors (Lipinski definition) is 1. The molecule has 2 aromatic rings. The number of hydrogen-bond acceptors (Lipinski definition) is 2. The first-order valence-corrected chi connectivity index (χ1v) is 6.12. The zero-order valence-corrected chi connectivity index (χ0v) is 11.0. The first kappa shape index (κ1) is 12.7. The first-order valence-electron chi connectivity index (χ1n) is 5.74. The number of benzene rings is 1. The SMILES string of the molecule is CCOC(=O)c1[nH]c(C)cc1-c1cccc(Cl)c1. The Kier molecular flexibility index (Phi) is 3.72. The number of H-pyrrole nitrogens is 1. The minimum atomic E-state index is -0.347. The van der Waals surface area contributed by atoms with Gasteiger partial charge in [-0.15, -0.1) is 0 Å². The lowest BCUT2D eigenvalue weighted by atomic mass is 10.1. The second-order valence-electron chi connectivity index (χ2n) is 3.97. The van der Waals surface area contributed by atoms with Crippen LogP contribution in [0, 0.1) is 6.92 Å². The average molecular weight is 264 g/mol. The molecule has 1 N–H and O–H groups in total. The number of halogens is 1. The second kappa shape index (κ2) is 5.27. The van der Waals surface area contributed by atoms with Crippen LogP contribution in [-0.2, 0) is 4.74 Å². The van der Waals surface area contributed by atoms with Crippen LogP contribution in [0.2, 0.25) is 5.02 Å². The molecular formula is C14H14ClNO2. The lowest BCUT2D eigenvalue weighted by Gasteiger charge is -2.04. The molecule has 1 aromatic heterocycles. The number of nitrogens with one attached hydrogen (secondary N) is 1. The largest absolute Gasteiger partial charge is 0.461 e. The summed E-state index contributed by atoms with van der Waals surface area (Å²) in [7, 11) is 0. The summed E-state index contributed by atoms with van der Waals surface area (Å²) in [4.78, 5) is 14.9. The van der Waals surface area contributed by atoms with Crippen LogP contribution >= 0.6 is 11.6 Å². The lowest BCUT2D eigenvalue weighted by molar-refractivity contribution is 0.0521. The smallest absolute Gasteiger partial charge is 0.355 e. The molecule has 0 aliphatic carbocycles. The van der Waals surface area contributed by atoms with E-state index in [1.807, 2.05) is 31.2 Å². The third-order valence-electron chi connectivity index (χ3n) is 2.57. The molecule has 0 aliphatic rings. The molecule has 0 spiro atoms. The highest BCUT2D eigenvalue weighted by molar-refractivity contribution is 6.30. The monoisotopic (exact) mass is 263 g/mol. The molecule has 94 valence electrons. The van der Waals surface area contributed by atoms with Gasteiger partial charge in [-0.2, -0.15) is 0 Å². The summed E-state index contributed by atoms with van der Waals surface area (Å²) in [6.07, 6.45) is 0. The molecule has 0 radical (unpaired) electrons. The predicted molar refractivity (Wildman–Crippen MR) is 71.9 cm³/mol. The number of rotatable bonds is 3. The van der Waals surface area contributed by atoms with Gasteiger partial charge >= 0.3 is 5.97 Å². The maximum Gasteiger partial charge on any atom is 0.355 e. The molecule has 0 fully saturated rings. The highest BCUT2D eigenvalue weighted by Gasteiger charge is 2.16. The van der Waals surface area contributed by atoms with E-state index in [1.54, 1.807) is 13.0 Å². The number of aromatic nitrogens is 1. The second-order valence-corrected chi connectivity index (χ2v) is 4.41. The van der Waals surface area contributed by atoms with Crippen molar-refractivity contribution in [2.45, 2.75) is 13.8 Å². The Balaban J connectivity index is 2.47. The van der Waals surface area contributed by atoms with E-state index in [0.717, 1.165) is 16.8 Å². The highest BCUT2D eigenvalue weighted by atomic mass is 35.5. The molecule has 3 nitrogen and oxygen atoms in total. The number of ether oxygens (including phenoxy) is 1. The normalized spacial score (nSPS) is 10.4. The van der Waals surface area contributed by atoms with Crippen molar-refractivity contribution < 1.29 is 9.53 Å². The molecule has 0 bridgehead atoms. The summed E-state index contributed by atoms with van der Waals surface area (Å²) in [5, 5.41) is 0.640. The van der Waals surface area contributed by atoms with Gasteiger partial charge in [0.2, 0.25) is 0 Å². The molecule has 0 amide bonds. The Morgan fingerprint density at radius 2 is 2.17 bits per heavy atom. The zero-order chi connectivity index (χ0) is 13.1. The number of carbonyl (C=O) groups is 1. The van der Waals surface area contributed by atoms with Gasteiger partial charge in [0, 0.05) is 16.3 Å². The van der Waals surface area contributed by atoms with Gasteiger partial charge in [0.1, 0.15) is 5.69 Å². The molecule has 0 atom stereocenters. The third-order valence-corrected chi connectivity index (χ3v) is 2.80. The molecule has 18 heavy (non-hydrogen) atoms. The van der Waals surface area contributed by atoms with Crippen molar-refractivity contribution in [2.24, 2.45) is 0 Å². The van der Waals surface area contributed by atoms with Gasteiger partial charge < -0.3 is 9.72 Å². The van der Waals surface area contributed by atoms with E-state index in [2.05, 4.69) is 4.98 Å². The maximum atomic E-state index is 11.9. The fourth-order valence-electron chi connectivity index (χ4n) is 1.84. The summed E-state index contributed by atoms with van der Waals surface area (Å²) in [6, 6.07) is 9.31. The number of aryl methyl sites for hydroxylation is 1. The Hall–Kier alpha value is -1.74. The van der Waals surface area contributed by atoms with Gasteiger partial charge in [0.05, 0.1) is 6.61 Å². The van der Waals surface area contributed by atoms with Crippen molar-refractivity contribution in [3.05, 3.63) is 46.7 Å². The average Bonchev–Trinajstić information content (AvgIpc) is 2.72. The van der Waals surface area contributed by atoms with Crippen molar-refractivity contribution >= 4 is 17.6 Å². The van der Waals surface area contributed by atoms with E-state index < -0.39 is 0 Å². The molecular weight excluding hydrogens is 250 g/mol. The van der Waals surface area contributed by atoms with Crippen LogP contribution < -0.4 is 0 Å². The van der Waals surface area contributed by atoms with Gasteiger partial charge in [-0.05, 0) is 37.6 Å². The topological polar surface area (TPSA) is 42.1 Å². The Labute approximate surface area is 111 Å². The van der Waals surface area contributed by atoms with E-state index >= 15 is 0 Å². The quantitative estimate of drug-likeness (QED) is 0.856. The fourth-order valence-corrected chi connectivity index (χ4v) is 2.03. The summed E-state index contributed by atoms with van der Waals surface area (Å²) >= 11 is 5.97. The van der Waals surface area contributed by atoms with Crippen LogP contribution in [0.25, 0.3) is 11.1 Å². The molecule has 4 heteroatoms. The van der Waals surface area contributed by atoms with E-state index in [0.29, 0.717) is 17.3 Å². The van der Waals surface area contributed by atoms with Crippen molar-refractivity contribution in [1.82, 2.24) is 4.98 Å². The number of carbonyl (C=O) groups excluding carboxylic acids is 1. The Morgan fingerprint density at radius 1 is 1.39 bits per heavy atom. The molecule has 0 saturated heterocycles. The van der Waals surface area contributed by atoms with E-state index in [-0.39, 0.29) is 5.97 Å². The number of esters is 1. The molecule has 0 saturated carbocycles. The third kappa shape index (κ3) is 2.57. The Morgan fingerprint density at radius 3 is 2.83 bits per heavy atom. The van der Waals surface area contributed by atoms with Gasteiger partial charge in [-0.1, -0.05) is 23.7 Å². The van der Waals surface area contributed by atoms with Crippen LogP contribution in [0.1, 0.15) is 23.1 Å². The Bertz CT molecular complexity index is 575. The van der Waals surface area contributed by atoms with Crippen molar-refractivity contribution in [3.63, 3.8) is 0 Å². The molecule has 2 rings (SSSR count). The van der Waals surface area contributed by atoms with Crippen molar-refractivity contribution in [1.29, 1.82) is 0 Å². The fraction of sp³-hybridized carbons (Fsp3) is 0.214. The zero-order valence-electron chi connectivity index (χ0n) is 10.3. The van der Waals surface area contributed by atoms with Crippen molar-refractivity contribution in [2.75, 3.05) is 6.61 Å². The van der Waals surface area contributed by atoms with Crippen LogP contribution in [0.3, 0.4) is 0 Å². The maximum absolute atomic E-state index is 11.9. The van der Waals surface area contributed by atoms with Gasteiger partial charge in [-0.3, -0.25) is 0 Å². The van der Waals surface area contributed by atoms with Crippen LogP contribution in [0.4, 0.5) is 0 Å². The first-order chi connectivity index (χ1) is 8.61. The van der Waals surface area contributed by atoms with Crippen LogP contribution in [0.5, 0.6) is 0 Å². The van der Waals surface area contributed by atoms with E-state index in [1.165, 1.54) is 0 Å². The minimum Gasteiger partial charge on any atom is -0.461 e. The molecule has 0 aliphatic heterocycles. The van der Waals surface area contributed by atoms with Gasteiger partial charge in [-0.25, -0.2) is 4.79 Å². The highest BCUT2D eigenvalue weighted by Crippen LogP contribution is 2.27. The van der Waals surface area contributed by atoms with E-state index in [9.17, 15) is 4.79 Å². The number of aromatic amines is 1. The predicted octanol–water partition coefficient (Wildman–Crippen LogP) is 3.82. The lowest BCUT2D eigenvalue weighted by Crippen LogP contribution is -2.06. The summed E-state index contributed by atoms with van der Waals surface area (Å²) in [5.74, 6) is -0.347. The molecule has 0 unspecified atom stereocenters. The summed E-state index contributed by atoms with van der Waals surface area (Å²) < 4.78 is 5.03. The standard InChI is InChI=1S/C14H14ClNO2/c1-3-18-14(17)13-12(7-9(2)16-13)10-5-4-6-11(15)8-10/h4-8,16H,3H2,1-2H3. The van der Waals surface area contributed by atoms with Crippen molar-refractivity contribution in [3.8, 4) is 11.1 Å². The summed E-state index contributed by atoms with van der Waals surface area (Å²) in [5.41, 5.74) is 3.09. The van der Waals surface area contributed by atoms with Crippen LogP contribution in [0.15, 0.2) is 30.3 Å².